The highest BCUT2D eigenvalue weighted by Crippen LogP contribution is 1.84. The summed E-state index contributed by atoms with van der Waals surface area (Å²) in [5, 5.41) is 0. The van der Waals surface area contributed by atoms with Crippen LogP contribution in [0.3, 0.4) is 0 Å². The minimum Gasteiger partial charge on any atom is -0.384 e. The lowest BCUT2D eigenvalue weighted by Gasteiger charge is -2.10. The van der Waals surface area contributed by atoms with Gasteiger partial charge in [-0.25, -0.2) is 13.1 Å². The Morgan fingerprint density at radius 1 is 1.38 bits per heavy atom. The first-order valence-electron chi connectivity index (χ1n) is 4.09. The molecule has 0 aromatic heterocycles. The van der Waals surface area contributed by atoms with Crippen molar-refractivity contribution in [2.75, 3.05) is 46.7 Å². The van der Waals surface area contributed by atoms with Crippen LogP contribution in [0, 0.1) is 0 Å². The number of nitrogens with zero attached hydrogens (tertiary/aromatic N) is 1. The first kappa shape index (κ1) is 12.8. The normalized spacial score (nSPS) is 12.3. The van der Waals surface area contributed by atoms with Gasteiger partial charge in [-0.15, -0.1) is 0 Å². The van der Waals surface area contributed by atoms with Gasteiger partial charge in [0.05, 0.1) is 12.4 Å². The maximum absolute atomic E-state index is 11.2. The predicted octanol–water partition coefficient (Wildman–Crippen LogP) is -0.886. The maximum Gasteiger partial charge on any atom is 0.213 e. The fourth-order valence-corrected chi connectivity index (χ4v) is 1.62. The number of ether oxygens (including phenoxy) is 1. The summed E-state index contributed by atoms with van der Waals surface area (Å²) in [7, 11) is 2.13. The Labute approximate surface area is 80.1 Å². The number of hydrogen-bond acceptors (Lipinski definition) is 4. The summed E-state index contributed by atoms with van der Waals surface area (Å²) in [5.41, 5.74) is 0. The van der Waals surface area contributed by atoms with Crippen molar-refractivity contribution in [1.82, 2.24) is 9.62 Å². The predicted molar refractivity (Wildman–Crippen MR) is 52.2 cm³/mol. The van der Waals surface area contributed by atoms with Gasteiger partial charge in [-0.3, -0.25) is 0 Å². The summed E-state index contributed by atoms with van der Waals surface area (Å²) in [6.45, 7) is 1.38. The van der Waals surface area contributed by atoms with Crippen LogP contribution >= 0.6 is 0 Å². The van der Waals surface area contributed by atoms with Crippen molar-refractivity contribution in [2.45, 2.75) is 0 Å². The monoisotopic (exact) mass is 210 g/mol. The van der Waals surface area contributed by atoms with Gasteiger partial charge >= 0.3 is 0 Å². The second-order valence-corrected chi connectivity index (χ2v) is 4.94. The summed E-state index contributed by atoms with van der Waals surface area (Å²) < 4.78 is 29.5. The highest BCUT2D eigenvalue weighted by Gasteiger charge is 2.08. The Morgan fingerprint density at radius 2 is 2.00 bits per heavy atom. The molecule has 13 heavy (non-hydrogen) atoms. The van der Waals surface area contributed by atoms with E-state index >= 15 is 0 Å². The first-order chi connectivity index (χ1) is 5.98. The van der Waals surface area contributed by atoms with E-state index in [2.05, 4.69) is 9.46 Å². The summed E-state index contributed by atoms with van der Waals surface area (Å²) in [5.74, 6) is 0.0247. The van der Waals surface area contributed by atoms with Crippen LogP contribution in [0.15, 0.2) is 0 Å². The lowest BCUT2D eigenvalue weighted by molar-refractivity contribution is 0.217. The molecule has 1 N–H and O–H groups in total. The summed E-state index contributed by atoms with van der Waals surface area (Å²) in [6.07, 6.45) is 0. The van der Waals surface area contributed by atoms with Crippen LogP contribution in [0.5, 0.6) is 0 Å². The quantitative estimate of drug-likeness (QED) is 0.592. The van der Waals surface area contributed by atoms with Crippen molar-refractivity contribution < 1.29 is 13.2 Å². The second-order valence-electron chi connectivity index (χ2n) is 3.01. The number of hydrogen-bond donors (Lipinski definition) is 1. The Kier molecular flexibility index (Phi) is 6.23. The molecule has 0 aliphatic heterocycles. The fourth-order valence-electron chi connectivity index (χ4n) is 0.690. The molecule has 0 bridgehead atoms. The SMILES string of the molecule is COCCS(=O)(=O)NCCN(C)C. The number of methoxy groups -OCH3 is 1. The molecule has 0 aromatic carbocycles. The lowest BCUT2D eigenvalue weighted by atomic mass is 10.6. The average molecular weight is 210 g/mol. The van der Waals surface area contributed by atoms with E-state index in [9.17, 15) is 8.42 Å². The molecule has 0 aliphatic carbocycles. The van der Waals surface area contributed by atoms with Crippen LogP contribution in [0.25, 0.3) is 0 Å². The molecule has 0 aliphatic rings. The van der Waals surface area contributed by atoms with Gasteiger partial charge in [0.2, 0.25) is 10.0 Å². The van der Waals surface area contributed by atoms with Crippen LogP contribution in [-0.4, -0.2) is 60.0 Å². The molecular formula is C7H18N2O3S. The molecule has 0 saturated heterocycles. The van der Waals surface area contributed by atoms with E-state index in [1.165, 1.54) is 7.11 Å². The zero-order valence-electron chi connectivity index (χ0n) is 8.41. The molecule has 0 saturated carbocycles. The molecule has 0 amide bonds. The van der Waals surface area contributed by atoms with Gasteiger partial charge in [0, 0.05) is 20.2 Å². The molecule has 5 nitrogen and oxygen atoms in total. The second kappa shape index (κ2) is 6.31. The standard InChI is InChI=1S/C7H18N2O3S/c1-9(2)5-4-8-13(10,11)7-6-12-3/h8H,4-7H2,1-3H3. The number of nitrogens with one attached hydrogen (secondary N) is 1. The van der Waals surface area contributed by atoms with Crippen molar-refractivity contribution in [3.63, 3.8) is 0 Å². The van der Waals surface area contributed by atoms with E-state index in [4.69, 9.17) is 0 Å². The Balaban J connectivity index is 3.64. The van der Waals surface area contributed by atoms with Gasteiger partial charge in [0.15, 0.2) is 0 Å². The number of sulfonamides is 1. The third kappa shape index (κ3) is 8.17. The van der Waals surface area contributed by atoms with Crippen molar-refractivity contribution in [3.8, 4) is 0 Å². The molecule has 6 heteroatoms. The Morgan fingerprint density at radius 3 is 2.46 bits per heavy atom. The van der Waals surface area contributed by atoms with E-state index in [1.54, 1.807) is 0 Å². The third-order valence-corrected chi connectivity index (χ3v) is 2.79. The van der Waals surface area contributed by atoms with Crippen molar-refractivity contribution in [3.05, 3.63) is 0 Å². The van der Waals surface area contributed by atoms with E-state index < -0.39 is 10.0 Å². The molecule has 0 rings (SSSR count). The molecule has 80 valence electrons. The van der Waals surface area contributed by atoms with E-state index in [1.807, 2.05) is 19.0 Å². The summed E-state index contributed by atoms with van der Waals surface area (Å²) in [6, 6.07) is 0. The minimum absolute atomic E-state index is 0.0247. The largest absolute Gasteiger partial charge is 0.384 e. The van der Waals surface area contributed by atoms with Crippen LogP contribution in [-0.2, 0) is 14.8 Å². The summed E-state index contributed by atoms with van der Waals surface area (Å²) >= 11 is 0. The topological polar surface area (TPSA) is 58.6 Å². The maximum atomic E-state index is 11.2. The van der Waals surface area contributed by atoms with Crippen LogP contribution in [0.1, 0.15) is 0 Å². The zero-order valence-corrected chi connectivity index (χ0v) is 9.23. The van der Waals surface area contributed by atoms with Gasteiger partial charge in [-0.2, -0.15) is 0 Å². The van der Waals surface area contributed by atoms with Gasteiger partial charge in [0.25, 0.3) is 0 Å². The number of rotatable bonds is 7. The zero-order chi connectivity index (χ0) is 10.3. The van der Waals surface area contributed by atoms with Gasteiger partial charge in [0.1, 0.15) is 0 Å². The highest BCUT2D eigenvalue weighted by molar-refractivity contribution is 7.89. The number of likely N-dealkylation sites (N-methyl/N-ethyl adjacent to an activating group) is 1. The smallest absolute Gasteiger partial charge is 0.213 e. The van der Waals surface area contributed by atoms with Crippen LogP contribution in [0.4, 0.5) is 0 Å². The minimum atomic E-state index is -3.14. The van der Waals surface area contributed by atoms with E-state index in [0.29, 0.717) is 13.1 Å². The van der Waals surface area contributed by atoms with E-state index in [-0.39, 0.29) is 12.4 Å². The Bertz CT molecular complexity index is 214. The molecule has 0 fully saturated rings. The van der Waals surface area contributed by atoms with E-state index in [0.717, 1.165) is 0 Å². The van der Waals surface area contributed by atoms with Gasteiger partial charge in [-0.1, -0.05) is 0 Å². The molecule has 0 aromatic rings. The molecular weight excluding hydrogens is 192 g/mol. The fraction of sp³-hybridized carbons (Fsp3) is 1.00. The average Bonchev–Trinajstić information content (AvgIpc) is 2.00. The third-order valence-electron chi connectivity index (χ3n) is 1.44. The first-order valence-corrected chi connectivity index (χ1v) is 5.74. The molecule has 0 spiro atoms. The summed E-state index contributed by atoms with van der Waals surface area (Å²) in [4.78, 5) is 1.92. The lowest BCUT2D eigenvalue weighted by Crippen LogP contribution is -2.33. The van der Waals surface area contributed by atoms with Crippen molar-refractivity contribution >= 4 is 10.0 Å². The Hall–Kier alpha value is -0.170. The van der Waals surface area contributed by atoms with Crippen LogP contribution < -0.4 is 4.72 Å². The molecule has 0 heterocycles. The highest BCUT2D eigenvalue weighted by atomic mass is 32.2. The molecule has 0 atom stereocenters. The van der Waals surface area contributed by atoms with Crippen molar-refractivity contribution in [1.29, 1.82) is 0 Å². The van der Waals surface area contributed by atoms with Gasteiger partial charge < -0.3 is 9.64 Å². The van der Waals surface area contributed by atoms with Gasteiger partial charge in [-0.05, 0) is 14.1 Å². The molecule has 0 radical (unpaired) electrons. The van der Waals surface area contributed by atoms with Crippen molar-refractivity contribution in [2.24, 2.45) is 0 Å². The van der Waals surface area contributed by atoms with Crippen LogP contribution in [0.2, 0.25) is 0 Å². The molecule has 0 unspecified atom stereocenters.